The summed E-state index contributed by atoms with van der Waals surface area (Å²) in [4.78, 5) is 2.36. The van der Waals surface area contributed by atoms with Crippen molar-refractivity contribution in [3.63, 3.8) is 0 Å². The minimum atomic E-state index is -4.32. The van der Waals surface area contributed by atoms with E-state index in [0.717, 1.165) is 42.9 Å². The Morgan fingerprint density at radius 2 is 1.48 bits per heavy atom. The van der Waals surface area contributed by atoms with E-state index in [1.807, 2.05) is 30.3 Å². The molecule has 1 heterocycles. The van der Waals surface area contributed by atoms with E-state index in [0.29, 0.717) is 6.61 Å². The minimum Gasteiger partial charge on any atom is -0.367 e. The van der Waals surface area contributed by atoms with Gasteiger partial charge in [-0.05, 0) is 49.2 Å². The molecule has 1 aliphatic rings. The third-order valence-corrected chi connectivity index (χ3v) is 4.53. The van der Waals surface area contributed by atoms with Crippen molar-refractivity contribution in [1.82, 2.24) is 4.90 Å². The van der Waals surface area contributed by atoms with E-state index < -0.39 is 11.7 Å². The molecule has 0 N–H and O–H groups in total. The first-order chi connectivity index (χ1) is 12.0. The number of hydrogen-bond donors (Lipinski definition) is 0. The van der Waals surface area contributed by atoms with Gasteiger partial charge in [-0.1, -0.05) is 42.5 Å². The number of likely N-dealkylation sites (tertiary alicyclic amines) is 1. The molecule has 134 valence electrons. The van der Waals surface area contributed by atoms with Crippen LogP contribution in [0, 0.1) is 0 Å². The van der Waals surface area contributed by atoms with E-state index in [1.54, 1.807) is 0 Å². The maximum Gasteiger partial charge on any atom is 0.416 e. The number of halogens is 3. The maximum absolute atomic E-state index is 12.8. The molecule has 2 aromatic rings. The summed E-state index contributed by atoms with van der Waals surface area (Å²) in [5, 5.41) is 0. The lowest BCUT2D eigenvalue weighted by molar-refractivity contribution is -0.137. The van der Waals surface area contributed by atoms with E-state index in [4.69, 9.17) is 4.74 Å². The van der Waals surface area contributed by atoms with Gasteiger partial charge in [0.2, 0.25) is 0 Å². The number of ether oxygens (including phenoxy) is 1. The van der Waals surface area contributed by atoms with Crippen molar-refractivity contribution in [2.75, 3.05) is 26.2 Å². The summed E-state index contributed by atoms with van der Waals surface area (Å²) < 4.78 is 44.4. The van der Waals surface area contributed by atoms with Crippen molar-refractivity contribution in [3.8, 4) is 0 Å². The third-order valence-electron chi connectivity index (χ3n) is 4.53. The van der Waals surface area contributed by atoms with Gasteiger partial charge >= 0.3 is 6.18 Å². The Morgan fingerprint density at radius 3 is 2.08 bits per heavy atom. The molecule has 1 atom stereocenters. The lowest BCUT2D eigenvalue weighted by atomic mass is 10.00. The molecule has 0 saturated carbocycles. The lowest BCUT2D eigenvalue weighted by Crippen LogP contribution is -2.25. The molecule has 1 aliphatic heterocycles. The van der Waals surface area contributed by atoms with Gasteiger partial charge in [-0.2, -0.15) is 13.2 Å². The van der Waals surface area contributed by atoms with Crippen LogP contribution in [0.4, 0.5) is 13.2 Å². The number of alkyl halides is 3. The summed E-state index contributed by atoms with van der Waals surface area (Å²) in [6.07, 6.45) is -2.23. The summed E-state index contributed by atoms with van der Waals surface area (Å²) in [6.45, 7) is 3.60. The van der Waals surface area contributed by atoms with Crippen LogP contribution in [0.25, 0.3) is 0 Å². The average molecular weight is 349 g/mol. The van der Waals surface area contributed by atoms with E-state index in [9.17, 15) is 13.2 Å². The molecule has 1 saturated heterocycles. The van der Waals surface area contributed by atoms with Gasteiger partial charge in [-0.3, -0.25) is 0 Å². The first-order valence-electron chi connectivity index (χ1n) is 8.60. The molecule has 0 spiro atoms. The molecule has 0 amide bonds. The second kappa shape index (κ2) is 8.02. The van der Waals surface area contributed by atoms with Crippen molar-refractivity contribution in [3.05, 3.63) is 71.3 Å². The summed E-state index contributed by atoms with van der Waals surface area (Å²) in [5.74, 6) is 0. The molecule has 0 radical (unpaired) electrons. The van der Waals surface area contributed by atoms with Gasteiger partial charge in [0.15, 0.2) is 0 Å². The number of rotatable bonds is 6. The molecule has 0 aliphatic carbocycles. The van der Waals surface area contributed by atoms with Crippen molar-refractivity contribution < 1.29 is 17.9 Å². The van der Waals surface area contributed by atoms with Crippen LogP contribution in [0.2, 0.25) is 0 Å². The zero-order valence-electron chi connectivity index (χ0n) is 14.0. The van der Waals surface area contributed by atoms with E-state index in [1.165, 1.54) is 25.0 Å². The van der Waals surface area contributed by atoms with Gasteiger partial charge in [0, 0.05) is 6.54 Å². The zero-order valence-corrected chi connectivity index (χ0v) is 14.0. The number of nitrogens with zero attached hydrogens (tertiary/aromatic N) is 1. The molecule has 5 heteroatoms. The molecule has 0 aromatic heterocycles. The van der Waals surface area contributed by atoms with Crippen molar-refractivity contribution in [2.24, 2.45) is 0 Å². The fourth-order valence-corrected chi connectivity index (χ4v) is 3.17. The molecular formula is C20H22F3NO. The summed E-state index contributed by atoms with van der Waals surface area (Å²) in [5.41, 5.74) is 1.05. The largest absolute Gasteiger partial charge is 0.416 e. The van der Waals surface area contributed by atoms with Crippen LogP contribution < -0.4 is 0 Å². The van der Waals surface area contributed by atoms with Gasteiger partial charge < -0.3 is 9.64 Å². The molecule has 25 heavy (non-hydrogen) atoms. The van der Waals surface area contributed by atoms with Gasteiger partial charge in [-0.25, -0.2) is 0 Å². The van der Waals surface area contributed by atoms with Crippen LogP contribution in [-0.4, -0.2) is 31.1 Å². The molecule has 0 bridgehead atoms. The topological polar surface area (TPSA) is 12.5 Å². The van der Waals surface area contributed by atoms with Crippen LogP contribution in [0.5, 0.6) is 0 Å². The van der Waals surface area contributed by atoms with E-state index in [2.05, 4.69) is 4.90 Å². The first kappa shape index (κ1) is 18.0. The van der Waals surface area contributed by atoms with Gasteiger partial charge in [-0.15, -0.1) is 0 Å². The van der Waals surface area contributed by atoms with E-state index in [-0.39, 0.29) is 6.10 Å². The minimum absolute atomic E-state index is 0.355. The Morgan fingerprint density at radius 1 is 0.880 bits per heavy atom. The Bertz CT molecular complexity index is 649. The fourth-order valence-electron chi connectivity index (χ4n) is 3.17. The quantitative estimate of drug-likeness (QED) is 0.735. The Hall–Kier alpha value is -1.85. The fraction of sp³-hybridized carbons (Fsp3) is 0.400. The third kappa shape index (κ3) is 4.83. The van der Waals surface area contributed by atoms with Crippen molar-refractivity contribution >= 4 is 0 Å². The van der Waals surface area contributed by atoms with Crippen LogP contribution in [0.1, 0.15) is 35.6 Å². The summed E-state index contributed by atoms with van der Waals surface area (Å²) in [6, 6.07) is 14.9. The van der Waals surface area contributed by atoms with Gasteiger partial charge in [0.05, 0.1) is 12.2 Å². The Balaban J connectivity index is 1.73. The normalized spacial score (nSPS) is 16.9. The van der Waals surface area contributed by atoms with Gasteiger partial charge in [0.25, 0.3) is 0 Å². The molecule has 1 fully saturated rings. The number of hydrogen-bond acceptors (Lipinski definition) is 2. The van der Waals surface area contributed by atoms with Crippen molar-refractivity contribution in [1.29, 1.82) is 0 Å². The van der Waals surface area contributed by atoms with Crippen molar-refractivity contribution in [2.45, 2.75) is 25.1 Å². The standard InChI is InChI=1S/C20H22F3NO/c21-20(22,23)18-10-8-17(9-11-18)19(16-6-2-1-3-7-16)25-15-14-24-12-4-5-13-24/h1-3,6-11,19H,4-5,12-15H2. The zero-order chi connectivity index (χ0) is 17.7. The van der Waals surface area contributed by atoms with Gasteiger partial charge in [0.1, 0.15) is 6.10 Å². The molecule has 2 aromatic carbocycles. The van der Waals surface area contributed by atoms with Crippen LogP contribution >= 0.6 is 0 Å². The van der Waals surface area contributed by atoms with E-state index >= 15 is 0 Å². The summed E-state index contributed by atoms with van der Waals surface area (Å²) >= 11 is 0. The summed E-state index contributed by atoms with van der Waals surface area (Å²) in [7, 11) is 0. The highest BCUT2D eigenvalue weighted by Crippen LogP contribution is 2.32. The monoisotopic (exact) mass is 349 g/mol. The molecule has 1 unspecified atom stereocenters. The van der Waals surface area contributed by atoms with Crippen LogP contribution in [0.3, 0.4) is 0 Å². The smallest absolute Gasteiger partial charge is 0.367 e. The maximum atomic E-state index is 12.8. The highest BCUT2D eigenvalue weighted by molar-refractivity contribution is 5.33. The predicted octanol–water partition coefficient (Wildman–Crippen LogP) is 4.91. The van der Waals surface area contributed by atoms with Crippen LogP contribution in [-0.2, 0) is 10.9 Å². The first-order valence-corrected chi connectivity index (χ1v) is 8.60. The Labute approximate surface area is 146 Å². The SMILES string of the molecule is FC(F)(F)c1ccc(C(OCCN2CCCC2)c2ccccc2)cc1. The second-order valence-corrected chi connectivity index (χ2v) is 6.33. The van der Waals surface area contributed by atoms with Crippen LogP contribution in [0.15, 0.2) is 54.6 Å². The number of benzene rings is 2. The highest BCUT2D eigenvalue weighted by atomic mass is 19.4. The lowest BCUT2D eigenvalue weighted by Gasteiger charge is -2.22. The second-order valence-electron chi connectivity index (χ2n) is 6.33. The molecule has 3 rings (SSSR count). The predicted molar refractivity (Wildman–Crippen MR) is 91.4 cm³/mol. The Kier molecular flexibility index (Phi) is 5.76. The molecular weight excluding hydrogens is 327 g/mol. The molecule has 2 nitrogen and oxygen atoms in total. The highest BCUT2D eigenvalue weighted by Gasteiger charge is 2.30. The average Bonchev–Trinajstić information content (AvgIpc) is 3.12.